The molecule has 29 heavy (non-hydrogen) atoms. The van der Waals surface area contributed by atoms with Crippen LogP contribution in [0.1, 0.15) is 11.4 Å². The molecule has 0 saturated carbocycles. The minimum atomic E-state index is -0.953. The number of imidazole rings is 1. The van der Waals surface area contributed by atoms with Gasteiger partial charge in [0, 0.05) is 23.7 Å². The van der Waals surface area contributed by atoms with E-state index in [-0.39, 0.29) is 19.0 Å². The molecule has 4 rings (SSSR count). The van der Waals surface area contributed by atoms with Crippen LogP contribution >= 0.6 is 0 Å². The summed E-state index contributed by atoms with van der Waals surface area (Å²) in [7, 11) is 0. The van der Waals surface area contributed by atoms with Crippen molar-refractivity contribution in [3.8, 4) is 11.3 Å². The smallest absolute Gasteiger partial charge is 0.240 e. The Morgan fingerprint density at radius 3 is 2.59 bits per heavy atom. The number of benzene rings is 2. The molecular formula is C21H19F2N5O. The van der Waals surface area contributed by atoms with Crippen LogP contribution in [-0.4, -0.2) is 26.9 Å². The standard InChI is InChI=1S/C21H19F2N5O/c1-13-2-5-15(6-3-13)25-21-20(14-4-7-16(22)17(23)10-14)26-18-12-27(19(29)11-24)8-9-28(18)21/h2-10,25H,11-12,24H2,1H3. The van der Waals surface area contributed by atoms with Gasteiger partial charge in [-0.3, -0.25) is 9.36 Å². The lowest BCUT2D eigenvalue weighted by atomic mass is 10.1. The lowest BCUT2D eigenvalue weighted by Gasteiger charge is -2.22. The summed E-state index contributed by atoms with van der Waals surface area (Å²) in [5.74, 6) is -0.955. The Labute approximate surface area is 166 Å². The summed E-state index contributed by atoms with van der Waals surface area (Å²) >= 11 is 0. The van der Waals surface area contributed by atoms with Crippen LogP contribution in [0.15, 0.2) is 48.7 Å². The summed E-state index contributed by atoms with van der Waals surface area (Å²) < 4.78 is 29.1. The van der Waals surface area contributed by atoms with Gasteiger partial charge >= 0.3 is 0 Å². The number of halogens is 2. The van der Waals surface area contributed by atoms with Crippen LogP contribution < -0.4 is 11.1 Å². The van der Waals surface area contributed by atoms with Gasteiger partial charge in [-0.25, -0.2) is 13.8 Å². The van der Waals surface area contributed by atoms with Gasteiger partial charge in [-0.05, 0) is 37.3 Å². The Bertz CT molecular complexity index is 1110. The van der Waals surface area contributed by atoms with Crippen LogP contribution in [0.2, 0.25) is 0 Å². The van der Waals surface area contributed by atoms with Crippen molar-refractivity contribution < 1.29 is 13.6 Å². The molecule has 0 bridgehead atoms. The topological polar surface area (TPSA) is 76.2 Å². The highest BCUT2D eigenvalue weighted by Crippen LogP contribution is 2.34. The second-order valence-electron chi connectivity index (χ2n) is 6.74. The van der Waals surface area contributed by atoms with E-state index in [9.17, 15) is 13.6 Å². The molecule has 0 unspecified atom stereocenters. The van der Waals surface area contributed by atoms with E-state index in [0.717, 1.165) is 23.4 Å². The average molecular weight is 395 g/mol. The van der Waals surface area contributed by atoms with Crippen LogP contribution in [0.3, 0.4) is 0 Å². The maximum atomic E-state index is 13.9. The lowest BCUT2D eigenvalue weighted by Crippen LogP contribution is -2.33. The molecule has 2 heterocycles. The van der Waals surface area contributed by atoms with Gasteiger partial charge in [0.1, 0.15) is 17.3 Å². The largest absolute Gasteiger partial charge is 0.339 e. The van der Waals surface area contributed by atoms with E-state index in [4.69, 9.17) is 5.73 Å². The molecule has 0 fully saturated rings. The van der Waals surface area contributed by atoms with Crippen molar-refractivity contribution in [2.24, 2.45) is 5.73 Å². The average Bonchev–Trinajstić information content (AvgIpc) is 3.08. The number of hydrogen-bond donors (Lipinski definition) is 2. The number of amides is 1. The van der Waals surface area contributed by atoms with E-state index in [1.165, 1.54) is 11.0 Å². The molecule has 1 aliphatic rings. The molecule has 0 aliphatic carbocycles. The molecule has 148 valence electrons. The quantitative estimate of drug-likeness (QED) is 0.708. The normalized spacial score (nSPS) is 12.8. The highest BCUT2D eigenvalue weighted by atomic mass is 19.2. The van der Waals surface area contributed by atoms with Crippen molar-refractivity contribution >= 4 is 23.6 Å². The monoisotopic (exact) mass is 395 g/mol. The fraction of sp³-hybridized carbons (Fsp3) is 0.143. The van der Waals surface area contributed by atoms with E-state index in [1.807, 2.05) is 31.2 Å². The Morgan fingerprint density at radius 2 is 1.90 bits per heavy atom. The molecular weight excluding hydrogens is 376 g/mol. The predicted molar refractivity (Wildman–Crippen MR) is 107 cm³/mol. The SMILES string of the molecule is Cc1ccc(Nc2c(-c3ccc(F)c(F)c3)nc3n2C=CN(C(=O)CN)C3)cc1. The van der Waals surface area contributed by atoms with Gasteiger partial charge in [-0.15, -0.1) is 0 Å². The lowest BCUT2D eigenvalue weighted by molar-refractivity contribution is -0.127. The second-order valence-corrected chi connectivity index (χ2v) is 6.74. The van der Waals surface area contributed by atoms with Crippen molar-refractivity contribution in [1.82, 2.24) is 14.5 Å². The molecule has 3 N–H and O–H groups in total. The third kappa shape index (κ3) is 3.62. The predicted octanol–water partition coefficient (Wildman–Crippen LogP) is 3.61. The second kappa shape index (κ2) is 7.48. The molecule has 0 radical (unpaired) electrons. The number of rotatable bonds is 4. The summed E-state index contributed by atoms with van der Waals surface area (Å²) in [4.78, 5) is 18.0. The van der Waals surface area contributed by atoms with Gasteiger partial charge in [0.25, 0.3) is 0 Å². The summed E-state index contributed by atoms with van der Waals surface area (Å²) in [5.41, 5.74) is 8.25. The van der Waals surface area contributed by atoms with Crippen LogP contribution in [0.4, 0.5) is 20.3 Å². The van der Waals surface area contributed by atoms with Crippen molar-refractivity contribution in [1.29, 1.82) is 0 Å². The zero-order chi connectivity index (χ0) is 20.5. The van der Waals surface area contributed by atoms with Crippen LogP contribution in [0, 0.1) is 18.6 Å². The van der Waals surface area contributed by atoms with Gasteiger partial charge in [0.2, 0.25) is 5.91 Å². The fourth-order valence-corrected chi connectivity index (χ4v) is 3.13. The molecule has 1 aromatic heterocycles. The molecule has 0 atom stereocenters. The molecule has 1 aliphatic heterocycles. The Kier molecular flexibility index (Phi) is 4.85. The number of nitrogens with two attached hydrogens (primary N) is 1. The molecule has 3 aromatic rings. The zero-order valence-corrected chi connectivity index (χ0v) is 15.7. The number of anilines is 2. The van der Waals surface area contributed by atoms with Gasteiger partial charge in [0.05, 0.1) is 13.1 Å². The van der Waals surface area contributed by atoms with E-state index in [2.05, 4.69) is 10.3 Å². The first-order valence-corrected chi connectivity index (χ1v) is 9.04. The third-order valence-electron chi connectivity index (χ3n) is 4.69. The maximum absolute atomic E-state index is 13.9. The van der Waals surface area contributed by atoms with Crippen molar-refractivity contribution in [3.05, 3.63) is 71.7 Å². The number of hydrogen-bond acceptors (Lipinski definition) is 4. The minimum Gasteiger partial charge on any atom is -0.339 e. The number of carbonyl (C=O) groups is 1. The minimum absolute atomic E-state index is 0.116. The van der Waals surface area contributed by atoms with Crippen LogP contribution in [0.25, 0.3) is 17.5 Å². The molecule has 6 nitrogen and oxygen atoms in total. The summed E-state index contributed by atoms with van der Waals surface area (Å²) in [6.07, 6.45) is 3.32. The highest BCUT2D eigenvalue weighted by Gasteiger charge is 2.24. The van der Waals surface area contributed by atoms with Crippen molar-refractivity contribution in [2.45, 2.75) is 13.5 Å². The Balaban J connectivity index is 1.80. The Morgan fingerprint density at radius 1 is 1.14 bits per heavy atom. The number of carbonyl (C=O) groups excluding carboxylic acids is 1. The molecule has 8 heteroatoms. The molecule has 1 amide bonds. The van der Waals surface area contributed by atoms with E-state index >= 15 is 0 Å². The third-order valence-corrected chi connectivity index (χ3v) is 4.69. The maximum Gasteiger partial charge on any atom is 0.240 e. The highest BCUT2D eigenvalue weighted by molar-refractivity contribution is 5.82. The van der Waals surface area contributed by atoms with Crippen molar-refractivity contribution in [3.63, 3.8) is 0 Å². The first-order chi connectivity index (χ1) is 14.0. The van der Waals surface area contributed by atoms with E-state index in [0.29, 0.717) is 22.9 Å². The first-order valence-electron chi connectivity index (χ1n) is 9.04. The molecule has 0 saturated heterocycles. The first kappa shape index (κ1) is 18.8. The van der Waals surface area contributed by atoms with Gasteiger partial charge in [-0.1, -0.05) is 17.7 Å². The van der Waals surface area contributed by atoms with Crippen LogP contribution in [0.5, 0.6) is 0 Å². The number of nitrogens with one attached hydrogen (secondary N) is 1. The number of fused-ring (bicyclic) bond motifs is 1. The number of aryl methyl sites for hydroxylation is 1. The number of aromatic nitrogens is 2. The fourth-order valence-electron chi connectivity index (χ4n) is 3.13. The zero-order valence-electron chi connectivity index (χ0n) is 15.7. The molecule has 2 aromatic carbocycles. The van der Waals surface area contributed by atoms with E-state index in [1.54, 1.807) is 17.0 Å². The van der Waals surface area contributed by atoms with Gasteiger partial charge in [-0.2, -0.15) is 0 Å². The van der Waals surface area contributed by atoms with Crippen LogP contribution in [-0.2, 0) is 11.3 Å². The molecule has 0 spiro atoms. The summed E-state index contributed by atoms with van der Waals surface area (Å²) in [6.45, 7) is 2.09. The Hall–Kier alpha value is -3.52. The van der Waals surface area contributed by atoms with E-state index < -0.39 is 11.6 Å². The summed E-state index contributed by atoms with van der Waals surface area (Å²) in [6, 6.07) is 11.4. The number of nitrogens with zero attached hydrogens (tertiary/aromatic N) is 3. The van der Waals surface area contributed by atoms with Gasteiger partial charge < -0.3 is 16.0 Å². The van der Waals surface area contributed by atoms with Crippen molar-refractivity contribution in [2.75, 3.05) is 11.9 Å². The van der Waals surface area contributed by atoms with Gasteiger partial charge in [0.15, 0.2) is 11.6 Å². The summed E-state index contributed by atoms with van der Waals surface area (Å²) in [5, 5.41) is 3.30.